The Morgan fingerprint density at radius 2 is 1.81 bits per heavy atom. The van der Waals surface area contributed by atoms with E-state index in [1.807, 2.05) is 47.5 Å². The zero-order valence-corrected chi connectivity index (χ0v) is 18.7. The summed E-state index contributed by atoms with van der Waals surface area (Å²) in [6.45, 7) is 5.07. The van der Waals surface area contributed by atoms with E-state index in [1.54, 1.807) is 17.0 Å². The van der Waals surface area contributed by atoms with Crippen LogP contribution in [0.4, 0.5) is 10.1 Å². The van der Waals surface area contributed by atoms with E-state index in [1.165, 1.54) is 17.8 Å². The lowest BCUT2D eigenvalue weighted by molar-refractivity contribution is -0.113. The fraction of sp³-hybridized carbons (Fsp3) is 0.304. The first kappa shape index (κ1) is 22.0. The summed E-state index contributed by atoms with van der Waals surface area (Å²) in [5.41, 5.74) is 1.35. The van der Waals surface area contributed by atoms with E-state index >= 15 is 0 Å². The van der Waals surface area contributed by atoms with Gasteiger partial charge in [-0.3, -0.25) is 14.6 Å². The topological polar surface area (TPSA) is 36.0 Å². The Hall–Kier alpha value is -2.26. The van der Waals surface area contributed by atoms with Crippen LogP contribution in [-0.2, 0) is 16.1 Å². The van der Waals surface area contributed by atoms with E-state index in [-0.39, 0.29) is 11.7 Å². The standard InChI is InChI=1S/C23H24FN3O2S2/c24-20-9-5-4-6-18(20)16-26(11-10-25-12-14-29-15-13-25)17-21-22(28)27(23(30)31-21)19-7-2-1-3-8-19/h1-9,17H,10-16H2/b21-17-. The molecule has 0 saturated carbocycles. The molecule has 162 valence electrons. The molecule has 0 radical (unpaired) electrons. The second-order valence-corrected chi connectivity index (χ2v) is 9.03. The first-order chi connectivity index (χ1) is 15.1. The second kappa shape index (κ2) is 10.4. The molecule has 0 unspecified atom stereocenters. The number of hydrogen-bond donors (Lipinski definition) is 0. The lowest BCUT2D eigenvalue weighted by atomic mass is 10.2. The number of nitrogens with zero attached hydrogens (tertiary/aromatic N) is 3. The third kappa shape index (κ3) is 5.51. The Labute approximate surface area is 191 Å². The van der Waals surface area contributed by atoms with Crippen LogP contribution in [0.25, 0.3) is 0 Å². The zero-order valence-electron chi connectivity index (χ0n) is 17.1. The smallest absolute Gasteiger partial charge is 0.272 e. The van der Waals surface area contributed by atoms with Gasteiger partial charge in [-0.1, -0.05) is 60.4 Å². The maximum absolute atomic E-state index is 14.3. The van der Waals surface area contributed by atoms with Gasteiger partial charge in [-0.05, 0) is 18.2 Å². The number of halogens is 1. The molecule has 0 aromatic heterocycles. The van der Waals surface area contributed by atoms with Crippen molar-refractivity contribution < 1.29 is 13.9 Å². The summed E-state index contributed by atoms with van der Waals surface area (Å²) in [7, 11) is 0. The van der Waals surface area contributed by atoms with Gasteiger partial charge in [-0.25, -0.2) is 4.39 Å². The number of amides is 1. The molecule has 2 saturated heterocycles. The third-order valence-electron chi connectivity index (χ3n) is 5.25. The molecule has 8 heteroatoms. The lowest BCUT2D eigenvalue weighted by Gasteiger charge is -2.29. The molecular formula is C23H24FN3O2S2. The van der Waals surface area contributed by atoms with E-state index in [0.717, 1.165) is 38.5 Å². The molecule has 0 N–H and O–H groups in total. The van der Waals surface area contributed by atoms with Crippen LogP contribution in [0.2, 0.25) is 0 Å². The quantitative estimate of drug-likeness (QED) is 0.464. The van der Waals surface area contributed by atoms with E-state index < -0.39 is 0 Å². The van der Waals surface area contributed by atoms with Gasteiger partial charge in [0.05, 0.1) is 23.8 Å². The maximum Gasteiger partial charge on any atom is 0.272 e. The van der Waals surface area contributed by atoms with Crippen LogP contribution in [0.1, 0.15) is 5.56 Å². The number of ether oxygens (including phenoxy) is 1. The van der Waals surface area contributed by atoms with Gasteiger partial charge in [0.25, 0.3) is 5.91 Å². The number of anilines is 1. The van der Waals surface area contributed by atoms with Crippen LogP contribution in [0, 0.1) is 5.82 Å². The minimum absolute atomic E-state index is 0.147. The van der Waals surface area contributed by atoms with Crippen molar-refractivity contribution in [2.75, 3.05) is 44.3 Å². The Morgan fingerprint density at radius 1 is 1.10 bits per heavy atom. The SMILES string of the molecule is O=C1/C(=C/N(CCN2CCOCC2)Cc2ccccc2F)SC(=S)N1c1ccccc1. The van der Waals surface area contributed by atoms with Crippen molar-refractivity contribution in [2.45, 2.75) is 6.54 Å². The molecule has 2 aliphatic rings. The van der Waals surface area contributed by atoms with Gasteiger partial charge in [0.15, 0.2) is 4.32 Å². The van der Waals surface area contributed by atoms with Gasteiger partial charge in [0.2, 0.25) is 0 Å². The predicted octanol–water partition coefficient (Wildman–Crippen LogP) is 3.87. The summed E-state index contributed by atoms with van der Waals surface area (Å²) in [5, 5.41) is 0. The largest absolute Gasteiger partial charge is 0.379 e. The third-order valence-corrected chi connectivity index (χ3v) is 6.54. The van der Waals surface area contributed by atoms with Crippen LogP contribution >= 0.6 is 24.0 Å². The van der Waals surface area contributed by atoms with Gasteiger partial charge in [-0.2, -0.15) is 0 Å². The van der Waals surface area contributed by atoms with E-state index in [0.29, 0.717) is 27.9 Å². The zero-order chi connectivity index (χ0) is 21.6. The van der Waals surface area contributed by atoms with Gasteiger partial charge in [0, 0.05) is 44.5 Å². The molecule has 2 heterocycles. The number of carbonyl (C=O) groups is 1. The van der Waals surface area contributed by atoms with Crippen molar-refractivity contribution in [2.24, 2.45) is 0 Å². The molecule has 31 heavy (non-hydrogen) atoms. The van der Waals surface area contributed by atoms with Crippen molar-refractivity contribution in [3.8, 4) is 0 Å². The van der Waals surface area contributed by atoms with E-state index in [9.17, 15) is 9.18 Å². The highest BCUT2D eigenvalue weighted by Gasteiger charge is 2.33. The number of para-hydroxylation sites is 1. The highest BCUT2D eigenvalue weighted by molar-refractivity contribution is 8.27. The maximum atomic E-state index is 14.3. The minimum Gasteiger partial charge on any atom is -0.379 e. The van der Waals surface area contributed by atoms with Crippen molar-refractivity contribution >= 4 is 39.9 Å². The molecule has 1 amide bonds. The van der Waals surface area contributed by atoms with Crippen LogP contribution in [-0.4, -0.2) is 59.4 Å². The minimum atomic E-state index is -0.246. The predicted molar refractivity (Wildman–Crippen MR) is 126 cm³/mol. The Morgan fingerprint density at radius 3 is 2.55 bits per heavy atom. The summed E-state index contributed by atoms with van der Waals surface area (Å²) in [5.74, 6) is -0.393. The summed E-state index contributed by atoms with van der Waals surface area (Å²) >= 11 is 6.75. The summed E-state index contributed by atoms with van der Waals surface area (Å²) in [4.78, 5) is 19.5. The monoisotopic (exact) mass is 457 g/mol. The molecule has 2 fully saturated rings. The number of carbonyl (C=O) groups excluding carboxylic acids is 1. The van der Waals surface area contributed by atoms with Crippen LogP contribution in [0.15, 0.2) is 65.7 Å². The van der Waals surface area contributed by atoms with Crippen molar-refractivity contribution in [3.05, 3.63) is 77.1 Å². The Bertz CT molecular complexity index is 964. The van der Waals surface area contributed by atoms with E-state index in [2.05, 4.69) is 4.90 Å². The molecule has 0 spiro atoms. The van der Waals surface area contributed by atoms with E-state index in [4.69, 9.17) is 17.0 Å². The molecule has 2 aromatic carbocycles. The average molecular weight is 458 g/mol. The lowest BCUT2D eigenvalue weighted by Crippen LogP contribution is -2.40. The number of thioether (sulfide) groups is 1. The normalized spacial score (nSPS) is 18.7. The molecule has 2 aromatic rings. The molecule has 0 atom stereocenters. The molecule has 0 aliphatic carbocycles. The van der Waals surface area contributed by atoms with Gasteiger partial charge < -0.3 is 9.64 Å². The highest BCUT2D eigenvalue weighted by Crippen LogP contribution is 2.35. The van der Waals surface area contributed by atoms with Crippen LogP contribution in [0.5, 0.6) is 0 Å². The molecule has 2 aliphatic heterocycles. The highest BCUT2D eigenvalue weighted by atomic mass is 32.2. The van der Waals surface area contributed by atoms with Crippen molar-refractivity contribution in [1.29, 1.82) is 0 Å². The molecule has 5 nitrogen and oxygen atoms in total. The van der Waals surface area contributed by atoms with Crippen LogP contribution < -0.4 is 4.90 Å². The molecule has 4 rings (SSSR count). The number of thiocarbonyl (C=S) groups is 1. The second-order valence-electron chi connectivity index (χ2n) is 7.35. The number of benzene rings is 2. The number of hydrogen-bond acceptors (Lipinski definition) is 6. The van der Waals surface area contributed by atoms with Gasteiger partial charge in [-0.15, -0.1) is 0 Å². The number of morpholine rings is 1. The molecular weight excluding hydrogens is 433 g/mol. The fourth-order valence-electron chi connectivity index (χ4n) is 3.55. The summed E-state index contributed by atoms with van der Waals surface area (Å²) in [6, 6.07) is 16.1. The Kier molecular flexibility index (Phi) is 7.34. The Balaban J connectivity index is 1.53. The van der Waals surface area contributed by atoms with Crippen molar-refractivity contribution in [3.63, 3.8) is 0 Å². The first-order valence-corrected chi connectivity index (χ1v) is 11.4. The first-order valence-electron chi connectivity index (χ1n) is 10.2. The van der Waals surface area contributed by atoms with Gasteiger partial charge in [0.1, 0.15) is 5.82 Å². The molecule has 0 bridgehead atoms. The summed E-state index contributed by atoms with van der Waals surface area (Å²) < 4.78 is 20.2. The summed E-state index contributed by atoms with van der Waals surface area (Å²) in [6.07, 6.45) is 1.83. The van der Waals surface area contributed by atoms with Gasteiger partial charge >= 0.3 is 0 Å². The number of rotatable bonds is 7. The van der Waals surface area contributed by atoms with Crippen molar-refractivity contribution in [1.82, 2.24) is 9.80 Å². The average Bonchev–Trinajstić information content (AvgIpc) is 3.07. The van der Waals surface area contributed by atoms with Crippen LogP contribution in [0.3, 0.4) is 0 Å². The fourth-order valence-corrected chi connectivity index (χ4v) is 4.86.